The Hall–Kier alpha value is -1.93. The van der Waals surface area contributed by atoms with Crippen molar-refractivity contribution in [1.82, 2.24) is 28.2 Å². The van der Waals surface area contributed by atoms with Gasteiger partial charge in [-0.2, -0.15) is 9.36 Å². The Kier molecular flexibility index (Phi) is 5.17. The van der Waals surface area contributed by atoms with E-state index in [1.54, 1.807) is 10.6 Å². The topological polar surface area (TPSA) is 112 Å². The van der Waals surface area contributed by atoms with E-state index in [4.69, 9.17) is 0 Å². The predicted molar refractivity (Wildman–Crippen MR) is 127 cm³/mol. The van der Waals surface area contributed by atoms with Crippen LogP contribution in [0.2, 0.25) is 0 Å². The first-order chi connectivity index (χ1) is 15.1. The van der Waals surface area contributed by atoms with Crippen molar-refractivity contribution in [2.24, 2.45) is 0 Å². The fourth-order valence-corrected chi connectivity index (χ4v) is 7.06. The van der Waals surface area contributed by atoms with Crippen molar-refractivity contribution in [3.05, 3.63) is 49.0 Å². The van der Waals surface area contributed by atoms with Gasteiger partial charge in [-0.1, -0.05) is 0 Å². The lowest BCUT2D eigenvalue weighted by Crippen LogP contribution is -2.34. The molecule has 0 spiro atoms. The number of nitrogens with one attached hydrogen (secondary N) is 1. The molecule has 0 aliphatic heterocycles. The zero-order valence-electron chi connectivity index (χ0n) is 17.4. The third-order valence-electron chi connectivity index (χ3n) is 5.47. The molecule has 0 bridgehead atoms. The number of thiazole rings is 1. The summed E-state index contributed by atoms with van der Waals surface area (Å²) in [4.78, 5) is 23.3. The van der Waals surface area contributed by atoms with Gasteiger partial charge >= 0.3 is 5.69 Å². The van der Waals surface area contributed by atoms with Crippen LogP contribution in [0.25, 0.3) is 16.2 Å². The van der Waals surface area contributed by atoms with E-state index in [0.29, 0.717) is 27.4 Å². The summed E-state index contributed by atoms with van der Waals surface area (Å²) in [5, 5.41) is 1.29. The Morgan fingerprint density at radius 2 is 1.97 bits per heavy atom. The minimum Gasteiger partial charge on any atom is -0.286 e. The number of aryl methyl sites for hydroxylation is 2. The molecule has 1 aliphatic carbocycles. The second kappa shape index (κ2) is 7.55. The minimum atomic E-state index is -3.73. The van der Waals surface area contributed by atoms with Crippen molar-refractivity contribution in [1.29, 1.82) is 0 Å². The quantitative estimate of drug-likeness (QED) is 0.391. The summed E-state index contributed by atoms with van der Waals surface area (Å²) in [6.45, 7) is 6.06. The molecular formula is C19H19BrN6O3S3. The highest BCUT2D eigenvalue weighted by molar-refractivity contribution is 9.10. The van der Waals surface area contributed by atoms with Crippen LogP contribution in [-0.4, -0.2) is 37.4 Å². The van der Waals surface area contributed by atoms with Gasteiger partial charge < -0.3 is 0 Å². The molecule has 32 heavy (non-hydrogen) atoms. The van der Waals surface area contributed by atoms with Crippen LogP contribution >= 0.6 is 38.8 Å². The molecule has 4 aromatic rings. The number of aromatic nitrogens is 5. The first-order valence-corrected chi connectivity index (χ1v) is 13.6. The summed E-state index contributed by atoms with van der Waals surface area (Å²) in [7, 11) is -3.73. The summed E-state index contributed by atoms with van der Waals surface area (Å²) < 4.78 is 36.2. The molecule has 3 aromatic heterocycles. The van der Waals surface area contributed by atoms with Crippen molar-refractivity contribution in [2.75, 3.05) is 0 Å². The fraction of sp³-hybridized carbons (Fsp3) is 0.368. The number of rotatable bonds is 6. The lowest BCUT2D eigenvalue weighted by atomic mass is 10.3. The molecule has 0 unspecified atom stereocenters. The van der Waals surface area contributed by atoms with E-state index in [-0.39, 0.29) is 10.6 Å². The summed E-state index contributed by atoms with van der Waals surface area (Å²) in [5.41, 5.74) is 1.24. The highest BCUT2D eigenvalue weighted by Gasteiger charge is 2.41. The smallest absolute Gasteiger partial charge is 0.286 e. The molecule has 1 fully saturated rings. The van der Waals surface area contributed by atoms with Gasteiger partial charge in [0.25, 0.3) is 0 Å². The maximum absolute atomic E-state index is 13.5. The molecule has 0 saturated heterocycles. The van der Waals surface area contributed by atoms with Crippen molar-refractivity contribution in [3.8, 4) is 5.13 Å². The molecule has 5 rings (SSSR count). The van der Waals surface area contributed by atoms with Gasteiger partial charge in [-0.25, -0.2) is 27.5 Å². The first-order valence-electron chi connectivity index (χ1n) is 9.78. The Morgan fingerprint density at radius 1 is 1.22 bits per heavy atom. The first kappa shape index (κ1) is 21.9. The SMILES string of the molecule is Cc1nc(C)c(Cn2c(=O)n(-c3nc(Br)ns3)c3cc(S(=O)(=O)NC4(C)CC4)ccc32)s1. The fourth-order valence-electron chi connectivity index (χ4n) is 3.57. The number of hydrogen-bond acceptors (Lipinski definition) is 8. The molecule has 0 amide bonds. The second-order valence-corrected chi connectivity index (χ2v) is 12.5. The van der Waals surface area contributed by atoms with E-state index >= 15 is 0 Å². The van der Waals surface area contributed by atoms with E-state index in [0.717, 1.165) is 40.0 Å². The number of halogens is 1. The lowest BCUT2D eigenvalue weighted by molar-refractivity contribution is 0.558. The van der Waals surface area contributed by atoms with Gasteiger partial charge in [-0.15, -0.1) is 11.3 Å². The molecule has 0 atom stereocenters. The van der Waals surface area contributed by atoms with E-state index in [2.05, 4.69) is 35.0 Å². The number of fused-ring (bicyclic) bond motifs is 1. The van der Waals surface area contributed by atoms with Gasteiger partial charge in [0.05, 0.1) is 33.2 Å². The summed E-state index contributed by atoms with van der Waals surface area (Å²) >= 11 is 5.83. The van der Waals surface area contributed by atoms with Crippen molar-refractivity contribution in [2.45, 2.75) is 50.6 Å². The number of imidazole rings is 1. The predicted octanol–water partition coefficient (Wildman–Crippen LogP) is 3.36. The van der Waals surface area contributed by atoms with Crippen LogP contribution in [0.15, 0.2) is 32.6 Å². The largest absolute Gasteiger partial charge is 0.335 e. The van der Waals surface area contributed by atoms with Crippen molar-refractivity contribution >= 4 is 59.9 Å². The summed E-state index contributed by atoms with van der Waals surface area (Å²) in [5.74, 6) is 0. The van der Waals surface area contributed by atoms with Gasteiger partial charge in [0.2, 0.25) is 19.9 Å². The van der Waals surface area contributed by atoms with Crippen LogP contribution in [0.1, 0.15) is 35.3 Å². The molecule has 168 valence electrons. The number of sulfonamides is 1. The van der Waals surface area contributed by atoms with Gasteiger partial charge in [0.15, 0.2) is 0 Å². The van der Waals surface area contributed by atoms with Crippen LogP contribution in [0.3, 0.4) is 0 Å². The average molecular weight is 556 g/mol. The number of benzene rings is 1. The van der Waals surface area contributed by atoms with Gasteiger partial charge in [0, 0.05) is 21.9 Å². The van der Waals surface area contributed by atoms with Crippen LogP contribution in [0, 0.1) is 13.8 Å². The number of hydrogen-bond donors (Lipinski definition) is 1. The minimum absolute atomic E-state index is 0.109. The molecule has 13 heteroatoms. The average Bonchev–Trinajstić information content (AvgIpc) is 3.01. The van der Waals surface area contributed by atoms with Crippen LogP contribution in [-0.2, 0) is 16.6 Å². The highest BCUT2D eigenvalue weighted by atomic mass is 79.9. The molecule has 0 radical (unpaired) electrons. The Balaban J connectivity index is 1.70. The molecule has 1 aliphatic rings. The molecular weight excluding hydrogens is 536 g/mol. The Bertz CT molecular complexity index is 1530. The number of nitrogens with zero attached hydrogens (tertiary/aromatic N) is 5. The van der Waals surface area contributed by atoms with E-state index in [1.165, 1.54) is 28.0 Å². The van der Waals surface area contributed by atoms with Gasteiger partial charge in [-0.3, -0.25) is 4.57 Å². The molecule has 1 saturated carbocycles. The summed E-state index contributed by atoms with van der Waals surface area (Å²) in [6, 6.07) is 4.75. The van der Waals surface area contributed by atoms with Crippen LogP contribution in [0.5, 0.6) is 0 Å². The maximum atomic E-state index is 13.5. The zero-order valence-corrected chi connectivity index (χ0v) is 21.5. The molecule has 1 N–H and O–H groups in total. The van der Waals surface area contributed by atoms with Crippen molar-refractivity contribution < 1.29 is 8.42 Å². The van der Waals surface area contributed by atoms with Crippen LogP contribution in [0.4, 0.5) is 0 Å². The van der Waals surface area contributed by atoms with E-state index in [1.807, 2.05) is 20.8 Å². The Morgan fingerprint density at radius 3 is 2.56 bits per heavy atom. The van der Waals surface area contributed by atoms with E-state index in [9.17, 15) is 13.2 Å². The third kappa shape index (κ3) is 3.85. The zero-order chi connectivity index (χ0) is 22.8. The van der Waals surface area contributed by atoms with Crippen molar-refractivity contribution in [3.63, 3.8) is 0 Å². The van der Waals surface area contributed by atoms with Crippen LogP contribution < -0.4 is 10.4 Å². The summed E-state index contributed by atoms with van der Waals surface area (Å²) in [6.07, 6.45) is 1.62. The van der Waals surface area contributed by atoms with E-state index < -0.39 is 15.6 Å². The Labute approximate surface area is 200 Å². The standard InChI is InChI=1S/C19H19BrN6O3S3/c1-10-15(30-11(2)21-10)9-25-13-5-4-12(32(28,29)24-19(3)6-7-19)8-14(13)26(18(25)27)17-22-16(20)23-31-17/h4-5,8,24H,6-7,9H2,1-3H3. The molecule has 1 aromatic carbocycles. The second-order valence-electron chi connectivity index (χ2n) is 8.11. The van der Waals surface area contributed by atoms with Gasteiger partial charge in [-0.05, 0) is 67.7 Å². The lowest BCUT2D eigenvalue weighted by Gasteiger charge is -2.12. The molecule has 3 heterocycles. The molecule has 9 nitrogen and oxygen atoms in total. The maximum Gasteiger partial charge on any atom is 0.335 e. The third-order valence-corrected chi connectivity index (χ3v) is 9.46. The normalized spacial score (nSPS) is 15.5. The van der Waals surface area contributed by atoms with Gasteiger partial charge in [0.1, 0.15) is 0 Å². The monoisotopic (exact) mass is 554 g/mol. The highest BCUT2D eigenvalue weighted by Crippen LogP contribution is 2.36.